The molecule has 0 bridgehead atoms. The highest BCUT2D eigenvalue weighted by molar-refractivity contribution is 6.33. The van der Waals surface area contributed by atoms with E-state index in [0.717, 1.165) is 23.5 Å². The summed E-state index contributed by atoms with van der Waals surface area (Å²) >= 11 is 5.91. The first-order valence-electron chi connectivity index (χ1n) is 6.08. The van der Waals surface area contributed by atoms with Crippen molar-refractivity contribution in [1.29, 1.82) is 0 Å². The molecule has 0 amide bonds. The Morgan fingerprint density at radius 2 is 1.86 bits per heavy atom. The number of alkyl halides is 3. The predicted octanol–water partition coefficient (Wildman–Crippen LogP) is 3.98. The summed E-state index contributed by atoms with van der Waals surface area (Å²) in [5, 5.41) is -0.0600. The molecule has 1 heterocycles. The largest absolute Gasteiger partial charge is 0.417 e. The number of nitrogens with two attached hydrogens (primary N) is 1. The maximum Gasteiger partial charge on any atom is 0.417 e. The van der Waals surface area contributed by atoms with E-state index in [1.807, 2.05) is 12.1 Å². The standard InChI is InChI=1S/C14H13ClF3N3/c1-21(11-4-2-9(7-19)3-5-11)13-12(15)6-10(8-20-13)14(16,17)18/h2-6,8H,7,19H2,1H3. The van der Waals surface area contributed by atoms with Crippen LogP contribution in [0, 0.1) is 0 Å². The van der Waals surface area contributed by atoms with E-state index < -0.39 is 11.7 Å². The minimum atomic E-state index is -4.46. The molecule has 7 heteroatoms. The van der Waals surface area contributed by atoms with Crippen molar-refractivity contribution >= 4 is 23.1 Å². The summed E-state index contributed by atoms with van der Waals surface area (Å²) in [5.74, 6) is 0.255. The molecule has 2 N–H and O–H groups in total. The zero-order chi connectivity index (χ0) is 15.6. The molecule has 0 atom stereocenters. The molecule has 0 aliphatic carbocycles. The molecule has 0 fully saturated rings. The number of hydrogen-bond donors (Lipinski definition) is 1. The van der Waals surface area contributed by atoms with Gasteiger partial charge in [0.25, 0.3) is 0 Å². The van der Waals surface area contributed by atoms with E-state index in [9.17, 15) is 13.2 Å². The van der Waals surface area contributed by atoms with Crippen molar-refractivity contribution in [2.75, 3.05) is 11.9 Å². The third-order valence-electron chi connectivity index (χ3n) is 3.03. The van der Waals surface area contributed by atoms with Gasteiger partial charge in [-0.3, -0.25) is 0 Å². The van der Waals surface area contributed by atoms with Crippen LogP contribution in [0.2, 0.25) is 5.02 Å². The lowest BCUT2D eigenvalue weighted by Gasteiger charge is -2.20. The number of benzene rings is 1. The summed E-state index contributed by atoms with van der Waals surface area (Å²) in [6.45, 7) is 0.420. The maximum absolute atomic E-state index is 12.6. The van der Waals surface area contributed by atoms with Crippen LogP contribution < -0.4 is 10.6 Å². The zero-order valence-corrected chi connectivity index (χ0v) is 11.9. The van der Waals surface area contributed by atoms with Gasteiger partial charge in [-0.1, -0.05) is 23.7 Å². The van der Waals surface area contributed by atoms with Crippen LogP contribution in [0.1, 0.15) is 11.1 Å². The molecular weight excluding hydrogens is 303 g/mol. The number of aromatic nitrogens is 1. The van der Waals surface area contributed by atoms with Gasteiger partial charge in [0.1, 0.15) is 0 Å². The Labute approximate surface area is 125 Å². The number of nitrogens with zero attached hydrogens (tertiary/aromatic N) is 2. The fourth-order valence-corrected chi connectivity index (χ4v) is 2.10. The van der Waals surface area contributed by atoms with Crippen molar-refractivity contribution in [3.63, 3.8) is 0 Å². The Kier molecular flexibility index (Phi) is 4.39. The molecule has 21 heavy (non-hydrogen) atoms. The fraction of sp³-hybridized carbons (Fsp3) is 0.214. The van der Waals surface area contributed by atoms with Gasteiger partial charge in [-0.2, -0.15) is 13.2 Å². The monoisotopic (exact) mass is 315 g/mol. The summed E-state index contributed by atoms with van der Waals surface area (Å²) < 4.78 is 37.7. The minimum absolute atomic E-state index is 0.0600. The molecule has 0 aliphatic rings. The van der Waals surface area contributed by atoms with Crippen molar-refractivity contribution in [2.45, 2.75) is 12.7 Å². The van der Waals surface area contributed by atoms with Crippen LogP contribution in [0.4, 0.5) is 24.7 Å². The minimum Gasteiger partial charge on any atom is -0.328 e. The molecule has 0 radical (unpaired) electrons. The molecule has 2 aromatic rings. The molecular formula is C14H13ClF3N3. The average molecular weight is 316 g/mol. The SMILES string of the molecule is CN(c1ccc(CN)cc1)c1ncc(C(F)(F)F)cc1Cl. The molecule has 0 unspecified atom stereocenters. The Hall–Kier alpha value is -1.79. The maximum atomic E-state index is 12.6. The van der Waals surface area contributed by atoms with Crippen molar-refractivity contribution in [2.24, 2.45) is 5.73 Å². The van der Waals surface area contributed by atoms with Gasteiger partial charge in [0.2, 0.25) is 0 Å². The number of pyridine rings is 1. The summed E-state index contributed by atoms with van der Waals surface area (Å²) in [7, 11) is 1.68. The van der Waals surface area contributed by atoms with Crippen LogP contribution in [0.25, 0.3) is 0 Å². The van der Waals surface area contributed by atoms with E-state index in [-0.39, 0.29) is 10.8 Å². The summed E-state index contributed by atoms with van der Waals surface area (Å²) in [5.41, 5.74) is 6.35. The topological polar surface area (TPSA) is 42.1 Å². The van der Waals surface area contributed by atoms with Crippen molar-refractivity contribution in [3.05, 3.63) is 52.7 Å². The van der Waals surface area contributed by atoms with Crippen LogP contribution in [0.3, 0.4) is 0 Å². The van der Waals surface area contributed by atoms with Gasteiger partial charge in [-0.05, 0) is 23.8 Å². The molecule has 0 saturated carbocycles. The Balaban J connectivity index is 2.32. The molecule has 0 aliphatic heterocycles. The fourth-order valence-electron chi connectivity index (χ4n) is 1.81. The van der Waals surface area contributed by atoms with E-state index in [4.69, 9.17) is 17.3 Å². The molecule has 3 nitrogen and oxygen atoms in total. The van der Waals surface area contributed by atoms with E-state index in [2.05, 4.69) is 4.98 Å². The average Bonchev–Trinajstić information content (AvgIpc) is 2.45. The second-order valence-electron chi connectivity index (χ2n) is 4.46. The lowest BCUT2D eigenvalue weighted by atomic mass is 10.2. The normalized spacial score (nSPS) is 11.5. The van der Waals surface area contributed by atoms with Crippen molar-refractivity contribution in [3.8, 4) is 0 Å². The number of halogens is 4. The Bertz CT molecular complexity index is 626. The quantitative estimate of drug-likeness (QED) is 0.931. The predicted molar refractivity (Wildman–Crippen MR) is 76.6 cm³/mol. The summed E-state index contributed by atoms with van der Waals surface area (Å²) in [4.78, 5) is 5.43. The first-order chi connectivity index (χ1) is 9.82. The number of hydrogen-bond acceptors (Lipinski definition) is 3. The smallest absolute Gasteiger partial charge is 0.328 e. The van der Waals surface area contributed by atoms with E-state index in [0.29, 0.717) is 6.54 Å². The molecule has 0 saturated heterocycles. The molecule has 1 aromatic heterocycles. The molecule has 0 spiro atoms. The van der Waals surface area contributed by atoms with Crippen LogP contribution in [0.15, 0.2) is 36.5 Å². The van der Waals surface area contributed by atoms with Crippen LogP contribution in [-0.2, 0) is 12.7 Å². The van der Waals surface area contributed by atoms with Crippen molar-refractivity contribution in [1.82, 2.24) is 4.98 Å². The highest BCUT2D eigenvalue weighted by atomic mass is 35.5. The first-order valence-corrected chi connectivity index (χ1v) is 6.46. The highest BCUT2D eigenvalue weighted by Crippen LogP contribution is 2.35. The zero-order valence-electron chi connectivity index (χ0n) is 11.2. The van der Waals surface area contributed by atoms with Gasteiger partial charge in [-0.25, -0.2) is 4.98 Å². The third kappa shape index (κ3) is 3.46. The summed E-state index contributed by atoms with van der Waals surface area (Å²) in [6.07, 6.45) is -3.69. The van der Waals surface area contributed by atoms with E-state index >= 15 is 0 Å². The lowest BCUT2D eigenvalue weighted by Crippen LogP contribution is -2.13. The summed E-state index contributed by atoms with van der Waals surface area (Å²) in [6, 6.07) is 8.15. The van der Waals surface area contributed by atoms with Crippen LogP contribution in [-0.4, -0.2) is 12.0 Å². The van der Waals surface area contributed by atoms with Crippen LogP contribution >= 0.6 is 11.6 Å². The first kappa shape index (κ1) is 15.6. The van der Waals surface area contributed by atoms with Gasteiger partial charge >= 0.3 is 6.18 Å². The van der Waals surface area contributed by atoms with Gasteiger partial charge in [0.05, 0.1) is 10.6 Å². The Morgan fingerprint density at radius 1 is 1.24 bits per heavy atom. The second kappa shape index (κ2) is 5.91. The highest BCUT2D eigenvalue weighted by Gasteiger charge is 2.31. The van der Waals surface area contributed by atoms with E-state index in [1.54, 1.807) is 24.1 Å². The van der Waals surface area contributed by atoms with E-state index in [1.165, 1.54) is 0 Å². The second-order valence-corrected chi connectivity index (χ2v) is 4.86. The van der Waals surface area contributed by atoms with Gasteiger partial charge in [0, 0.05) is 25.5 Å². The van der Waals surface area contributed by atoms with Gasteiger partial charge < -0.3 is 10.6 Å². The van der Waals surface area contributed by atoms with Crippen LogP contribution in [0.5, 0.6) is 0 Å². The molecule has 1 aromatic carbocycles. The number of anilines is 2. The third-order valence-corrected chi connectivity index (χ3v) is 3.30. The molecule has 112 valence electrons. The van der Waals surface area contributed by atoms with Gasteiger partial charge in [-0.15, -0.1) is 0 Å². The van der Waals surface area contributed by atoms with Gasteiger partial charge in [0.15, 0.2) is 5.82 Å². The lowest BCUT2D eigenvalue weighted by molar-refractivity contribution is -0.137. The Morgan fingerprint density at radius 3 is 2.33 bits per heavy atom. The molecule has 2 rings (SSSR count). The van der Waals surface area contributed by atoms with Crippen molar-refractivity contribution < 1.29 is 13.2 Å². The number of rotatable bonds is 3.